The van der Waals surface area contributed by atoms with Crippen LogP contribution < -0.4 is 5.73 Å². The Kier molecular flexibility index (Phi) is 5.27. The third-order valence-electron chi connectivity index (χ3n) is 3.73. The lowest BCUT2D eigenvalue weighted by molar-refractivity contribution is 0.0783. The number of benzene rings is 1. The van der Waals surface area contributed by atoms with Gasteiger partial charge in [0.25, 0.3) is 5.91 Å². The molecule has 1 aromatic carbocycles. The molecule has 1 unspecified atom stereocenters. The number of carbonyl (C=O) groups is 1. The average molecular weight is 301 g/mol. The van der Waals surface area contributed by atoms with Gasteiger partial charge in [-0.25, -0.2) is 4.68 Å². The number of amides is 1. The van der Waals surface area contributed by atoms with Gasteiger partial charge in [0.2, 0.25) is 0 Å². The molecule has 118 valence electrons. The molecule has 0 fully saturated rings. The van der Waals surface area contributed by atoms with Gasteiger partial charge in [0.1, 0.15) is 0 Å². The molecule has 1 heterocycles. The highest BCUT2D eigenvalue weighted by Gasteiger charge is 2.17. The van der Waals surface area contributed by atoms with Gasteiger partial charge in [0.15, 0.2) is 5.69 Å². The van der Waals surface area contributed by atoms with Crippen molar-refractivity contribution in [1.29, 1.82) is 0 Å². The number of nitrogens with zero attached hydrogens (tertiary/aromatic N) is 4. The molecule has 0 saturated heterocycles. The first kappa shape index (κ1) is 16.2. The van der Waals surface area contributed by atoms with Crippen molar-refractivity contribution in [2.24, 2.45) is 11.7 Å². The molecule has 22 heavy (non-hydrogen) atoms. The lowest BCUT2D eigenvalue weighted by Crippen LogP contribution is -2.34. The third kappa shape index (κ3) is 3.92. The summed E-state index contributed by atoms with van der Waals surface area (Å²) in [7, 11) is 1.76. The van der Waals surface area contributed by atoms with Crippen molar-refractivity contribution in [2.75, 3.05) is 13.6 Å². The molecule has 6 heteroatoms. The van der Waals surface area contributed by atoms with Crippen molar-refractivity contribution < 1.29 is 4.79 Å². The van der Waals surface area contributed by atoms with E-state index in [1.54, 1.807) is 22.8 Å². The second kappa shape index (κ2) is 7.17. The largest absolute Gasteiger partial charge is 0.340 e. The van der Waals surface area contributed by atoms with Gasteiger partial charge >= 0.3 is 0 Å². The number of rotatable bonds is 6. The van der Waals surface area contributed by atoms with E-state index in [1.165, 1.54) is 0 Å². The maximum atomic E-state index is 12.3. The Morgan fingerprint density at radius 2 is 2.00 bits per heavy atom. The minimum absolute atomic E-state index is 0.0928. The summed E-state index contributed by atoms with van der Waals surface area (Å²) in [4.78, 5) is 14.0. The fraction of sp³-hybridized carbons (Fsp3) is 0.438. The summed E-state index contributed by atoms with van der Waals surface area (Å²) < 4.78 is 1.60. The molecule has 6 nitrogen and oxygen atoms in total. The van der Waals surface area contributed by atoms with Gasteiger partial charge in [-0.05, 0) is 24.5 Å². The summed E-state index contributed by atoms with van der Waals surface area (Å²) in [5.74, 6) is 0.264. The van der Waals surface area contributed by atoms with Crippen LogP contribution in [0, 0.1) is 5.92 Å². The highest BCUT2D eigenvalue weighted by molar-refractivity contribution is 5.91. The predicted molar refractivity (Wildman–Crippen MR) is 85.7 cm³/mol. The van der Waals surface area contributed by atoms with E-state index in [9.17, 15) is 4.79 Å². The lowest BCUT2D eigenvalue weighted by Gasteiger charge is -2.20. The van der Waals surface area contributed by atoms with E-state index in [4.69, 9.17) is 5.73 Å². The second-order valence-electron chi connectivity index (χ2n) is 5.81. The zero-order valence-corrected chi connectivity index (χ0v) is 13.3. The first-order valence-electron chi connectivity index (χ1n) is 7.48. The van der Waals surface area contributed by atoms with Crippen LogP contribution in [0.4, 0.5) is 0 Å². The SMILES string of the molecule is CC(C)C(N)CCN(C)C(=O)c1cn(-c2ccccc2)nn1. The molecule has 0 aliphatic rings. The monoisotopic (exact) mass is 301 g/mol. The zero-order chi connectivity index (χ0) is 16.1. The van der Waals surface area contributed by atoms with Crippen molar-refractivity contribution in [3.8, 4) is 5.69 Å². The van der Waals surface area contributed by atoms with Gasteiger partial charge in [-0.15, -0.1) is 5.10 Å². The topological polar surface area (TPSA) is 77.0 Å². The van der Waals surface area contributed by atoms with Crippen LogP contribution in [0.3, 0.4) is 0 Å². The molecule has 2 rings (SSSR count). The van der Waals surface area contributed by atoms with Crippen LogP contribution in [0.15, 0.2) is 36.5 Å². The van der Waals surface area contributed by atoms with Crippen molar-refractivity contribution in [2.45, 2.75) is 26.3 Å². The number of para-hydroxylation sites is 1. The van der Waals surface area contributed by atoms with E-state index in [1.807, 2.05) is 30.3 Å². The van der Waals surface area contributed by atoms with Gasteiger partial charge in [-0.3, -0.25) is 4.79 Å². The van der Waals surface area contributed by atoms with Crippen LogP contribution in [-0.4, -0.2) is 45.4 Å². The molecule has 0 bridgehead atoms. The minimum atomic E-state index is -0.141. The molecule has 0 aliphatic heterocycles. The van der Waals surface area contributed by atoms with E-state index < -0.39 is 0 Å². The molecule has 0 aliphatic carbocycles. The molecule has 0 spiro atoms. The summed E-state index contributed by atoms with van der Waals surface area (Å²) in [6.07, 6.45) is 2.42. The van der Waals surface area contributed by atoms with Crippen molar-refractivity contribution >= 4 is 5.91 Å². The van der Waals surface area contributed by atoms with Crippen LogP contribution in [0.25, 0.3) is 5.69 Å². The molecular formula is C16H23N5O. The molecule has 2 aromatic rings. The molecular weight excluding hydrogens is 278 g/mol. The van der Waals surface area contributed by atoms with Gasteiger partial charge in [0.05, 0.1) is 11.9 Å². The van der Waals surface area contributed by atoms with Crippen LogP contribution in [0.2, 0.25) is 0 Å². The molecule has 2 N–H and O–H groups in total. The van der Waals surface area contributed by atoms with Gasteiger partial charge < -0.3 is 10.6 Å². The standard InChI is InChI=1S/C16H23N5O/c1-12(2)14(17)9-10-20(3)16(22)15-11-21(19-18-15)13-7-5-4-6-8-13/h4-8,11-12,14H,9-10,17H2,1-3H3. The van der Waals surface area contributed by atoms with Gasteiger partial charge in [-0.2, -0.15) is 0 Å². The zero-order valence-electron chi connectivity index (χ0n) is 13.3. The highest BCUT2D eigenvalue weighted by Crippen LogP contribution is 2.08. The van der Waals surface area contributed by atoms with Crippen LogP contribution in [0.1, 0.15) is 30.8 Å². The number of nitrogens with two attached hydrogens (primary N) is 1. The maximum Gasteiger partial charge on any atom is 0.275 e. The Bertz CT molecular complexity index is 608. The van der Waals surface area contributed by atoms with E-state index in [0.29, 0.717) is 18.2 Å². The summed E-state index contributed by atoms with van der Waals surface area (Å²) in [5.41, 5.74) is 7.22. The van der Waals surface area contributed by atoms with E-state index >= 15 is 0 Å². The molecule has 0 radical (unpaired) electrons. The van der Waals surface area contributed by atoms with Crippen molar-refractivity contribution in [3.05, 3.63) is 42.2 Å². The minimum Gasteiger partial charge on any atom is -0.340 e. The predicted octanol–water partition coefficient (Wildman–Crippen LogP) is 1.71. The lowest BCUT2D eigenvalue weighted by atomic mass is 10.0. The number of hydrogen-bond donors (Lipinski definition) is 1. The number of aromatic nitrogens is 3. The first-order chi connectivity index (χ1) is 10.5. The summed E-state index contributed by atoms with van der Waals surface area (Å²) in [6, 6.07) is 9.67. The van der Waals surface area contributed by atoms with Gasteiger partial charge in [-0.1, -0.05) is 37.3 Å². The fourth-order valence-corrected chi connectivity index (χ4v) is 2.04. The summed E-state index contributed by atoms with van der Waals surface area (Å²) >= 11 is 0. The first-order valence-corrected chi connectivity index (χ1v) is 7.48. The average Bonchev–Trinajstić information content (AvgIpc) is 3.02. The van der Waals surface area contributed by atoms with Crippen LogP contribution >= 0.6 is 0 Å². The van der Waals surface area contributed by atoms with Crippen molar-refractivity contribution in [3.63, 3.8) is 0 Å². The summed E-state index contributed by atoms with van der Waals surface area (Å²) in [5, 5.41) is 7.97. The van der Waals surface area contributed by atoms with Crippen LogP contribution in [0.5, 0.6) is 0 Å². The van der Waals surface area contributed by atoms with Crippen LogP contribution in [-0.2, 0) is 0 Å². The summed E-state index contributed by atoms with van der Waals surface area (Å²) in [6.45, 7) is 4.77. The normalized spacial score (nSPS) is 12.4. The molecule has 0 saturated carbocycles. The Hall–Kier alpha value is -2.21. The second-order valence-corrected chi connectivity index (χ2v) is 5.81. The number of hydrogen-bond acceptors (Lipinski definition) is 4. The molecule has 1 atom stereocenters. The smallest absolute Gasteiger partial charge is 0.275 e. The Labute approximate surface area is 130 Å². The van der Waals surface area contributed by atoms with E-state index in [-0.39, 0.29) is 11.9 Å². The Morgan fingerprint density at radius 3 is 2.64 bits per heavy atom. The molecule has 1 aromatic heterocycles. The Morgan fingerprint density at radius 1 is 1.32 bits per heavy atom. The van der Waals surface area contributed by atoms with E-state index in [0.717, 1.165) is 12.1 Å². The van der Waals surface area contributed by atoms with E-state index in [2.05, 4.69) is 24.2 Å². The molecule has 1 amide bonds. The maximum absolute atomic E-state index is 12.3. The Balaban J connectivity index is 2.00. The fourth-order valence-electron chi connectivity index (χ4n) is 2.04. The van der Waals surface area contributed by atoms with Gasteiger partial charge in [0, 0.05) is 19.6 Å². The number of carbonyl (C=O) groups excluding carboxylic acids is 1. The third-order valence-corrected chi connectivity index (χ3v) is 3.73. The van der Waals surface area contributed by atoms with Crippen molar-refractivity contribution in [1.82, 2.24) is 19.9 Å². The quantitative estimate of drug-likeness (QED) is 0.881. The highest BCUT2D eigenvalue weighted by atomic mass is 16.2.